The molecule has 0 amide bonds. The Balaban J connectivity index is 1.97. The predicted molar refractivity (Wildman–Crippen MR) is 76.5 cm³/mol. The number of aliphatic imine (C=N–C) groups is 1. The molecule has 0 unspecified atom stereocenters. The molecule has 0 radical (unpaired) electrons. The number of nitrogens with one attached hydrogen (secondary N) is 2. The van der Waals surface area contributed by atoms with E-state index in [1.807, 2.05) is 13.0 Å². The molecule has 0 heterocycles. The molecule has 0 saturated carbocycles. The van der Waals surface area contributed by atoms with E-state index in [0.29, 0.717) is 18.2 Å². The summed E-state index contributed by atoms with van der Waals surface area (Å²) in [5.74, 6) is 0.545. The summed E-state index contributed by atoms with van der Waals surface area (Å²) >= 11 is 0. The number of halogens is 1. The van der Waals surface area contributed by atoms with Gasteiger partial charge in [0.1, 0.15) is 5.82 Å². The molecule has 1 aliphatic rings. The maximum atomic E-state index is 13.5. The Morgan fingerprint density at radius 1 is 1.32 bits per heavy atom. The number of hydrogen-bond donors (Lipinski definition) is 2. The molecule has 102 valence electrons. The highest BCUT2D eigenvalue weighted by molar-refractivity contribution is 5.80. The zero-order valence-electron chi connectivity index (χ0n) is 11.2. The molecule has 0 fully saturated rings. The monoisotopic (exact) mass is 261 g/mol. The zero-order valence-corrected chi connectivity index (χ0v) is 11.2. The van der Waals surface area contributed by atoms with Crippen molar-refractivity contribution in [2.75, 3.05) is 6.54 Å². The van der Waals surface area contributed by atoms with E-state index in [4.69, 9.17) is 0 Å². The van der Waals surface area contributed by atoms with Crippen molar-refractivity contribution in [2.45, 2.75) is 32.4 Å². The predicted octanol–water partition coefficient (Wildman–Crippen LogP) is 2.60. The van der Waals surface area contributed by atoms with Gasteiger partial charge < -0.3 is 10.6 Å². The lowest BCUT2D eigenvalue weighted by Gasteiger charge is -2.16. The lowest BCUT2D eigenvalue weighted by molar-refractivity contribution is 0.607. The Bertz CT molecular complexity index is 460. The minimum absolute atomic E-state index is 0.204. The van der Waals surface area contributed by atoms with Crippen molar-refractivity contribution in [2.24, 2.45) is 4.99 Å². The fourth-order valence-corrected chi connectivity index (χ4v) is 2.04. The molecule has 2 rings (SSSR count). The third-order valence-corrected chi connectivity index (χ3v) is 3.06. The Morgan fingerprint density at radius 2 is 2.05 bits per heavy atom. The van der Waals surface area contributed by atoms with Gasteiger partial charge in [0, 0.05) is 18.2 Å². The summed E-state index contributed by atoms with van der Waals surface area (Å²) in [4.78, 5) is 4.43. The molecule has 2 N–H and O–H groups in total. The van der Waals surface area contributed by atoms with E-state index in [9.17, 15) is 4.39 Å². The van der Waals surface area contributed by atoms with Crippen LogP contribution in [0.5, 0.6) is 0 Å². The summed E-state index contributed by atoms with van der Waals surface area (Å²) in [5, 5.41) is 6.55. The van der Waals surface area contributed by atoms with Crippen LogP contribution in [0.3, 0.4) is 0 Å². The van der Waals surface area contributed by atoms with E-state index >= 15 is 0 Å². The maximum absolute atomic E-state index is 13.5. The smallest absolute Gasteiger partial charge is 0.191 e. The lowest BCUT2D eigenvalue weighted by Crippen LogP contribution is -2.42. The summed E-state index contributed by atoms with van der Waals surface area (Å²) in [6.07, 6.45) is 6.37. The Kier molecular flexibility index (Phi) is 4.95. The summed E-state index contributed by atoms with van der Waals surface area (Å²) in [7, 11) is 0. The van der Waals surface area contributed by atoms with Gasteiger partial charge in [0.05, 0.1) is 6.54 Å². The number of benzene rings is 1. The third kappa shape index (κ3) is 4.09. The van der Waals surface area contributed by atoms with Gasteiger partial charge >= 0.3 is 0 Å². The van der Waals surface area contributed by atoms with E-state index in [1.165, 1.54) is 6.07 Å². The molecule has 0 aromatic heterocycles. The number of hydrogen-bond acceptors (Lipinski definition) is 1. The van der Waals surface area contributed by atoms with Crippen molar-refractivity contribution in [3.63, 3.8) is 0 Å². The average Bonchev–Trinajstić information content (AvgIpc) is 2.91. The molecule has 3 nitrogen and oxygen atoms in total. The van der Waals surface area contributed by atoms with Crippen LogP contribution >= 0.6 is 0 Å². The van der Waals surface area contributed by atoms with Crippen LogP contribution < -0.4 is 10.6 Å². The molecule has 0 atom stereocenters. The molecule has 0 saturated heterocycles. The summed E-state index contributed by atoms with van der Waals surface area (Å²) < 4.78 is 13.5. The molecular formula is C15H20FN3. The average molecular weight is 261 g/mol. The molecule has 1 aromatic rings. The largest absolute Gasteiger partial charge is 0.357 e. The van der Waals surface area contributed by atoms with E-state index in [-0.39, 0.29) is 5.82 Å². The minimum atomic E-state index is -0.204. The standard InChI is InChI=1S/C15H20FN3/c1-2-17-15(19-13-8-4-5-9-13)18-11-12-7-3-6-10-14(12)16/h3-7,10,13H,2,8-9,11H2,1H3,(H2,17,18,19). The number of nitrogens with zero attached hydrogens (tertiary/aromatic N) is 1. The maximum Gasteiger partial charge on any atom is 0.191 e. The second kappa shape index (κ2) is 6.92. The van der Waals surface area contributed by atoms with E-state index in [1.54, 1.807) is 12.1 Å². The number of guanidine groups is 1. The van der Waals surface area contributed by atoms with Crippen molar-refractivity contribution in [3.8, 4) is 0 Å². The third-order valence-electron chi connectivity index (χ3n) is 3.06. The number of rotatable bonds is 4. The molecule has 4 heteroatoms. The molecule has 0 aliphatic heterocycles. The fraction of sp³-hybridized carbons (Fsp3) is 0.400. The van der Waals surface area contributed by atoms with Gasteiger partial charge in [-0.2, -0.15) is 0 Å². The first-order valence-corrected chi connectivity index (χ1v) is 6.73. The Labute approximate surface area is 113 Å². The van der Waals surface area contributed by atoms with Crippen molar-refractivity contribution < 1.29 is 4.39 Å². The molecular weight excluding hydrogens is 241 g/mol. The molecule has 1 aliphatic carbocycles. The van der Waals surface area contributed by atoms with Gasteiger partial charge in [-0.1, -0.05) is 30.4 Å². The van der Waals surface area contributed by atoms with Gasteiger partial charge in [-0.3, -0.25) is 0 Å². The second-order valence-corrected chi connectivity index (χ2v) is 4.57. The van der Waals surface area contributed by atoms with Crippen molar-refractivity contribution in [3.05, 3.63) is 47.8 Å². The van der Waals surface area contributed by atoms with Crippen LogP contribution in [0.15, 0.2) is 41.4 Å². The van der Waals surface area contributed by atoms with Crippen LogP contribution in [0.2, 0.25) is 0 Å². The minimum Gasteiger partial charge on any atom is -0.357 e. The molecule has 19 heavy (non-hydrogen) atoms. The summed E-state index contributed by atoms with van der Waals surface area (Å²) in [6.45, 7) is 3.17. The highest BCUT2D eigenvalue weighted by Crippen LogP contribution is 2.10. The van der Waals surface area contributed by atoms with Crippen LogP contribution in [0.1, 0.15) is 25.3 Å². The van der Waals surface area contributed by atoms with Gasteiger partial charge in [-0.15, -0.1) is 0 Å². The Morgan fingerprint density at radius 3 is 2.74 bits per heavy atom. The van der Waals surface area contributed by atoms with Crippen LogP contribution in [0, 0.1) is 5.82 Å². The summed E-state index contributed by atoms with van der Waals surface area (Å²) in [6, 6.07) is 7.15. The first kappa shape index (κ1) is 13.6. The van der Waals surface area contributed by atoms with Crippen LogP contribution in [-0.2, 0) is 6.54 Å². The van der Waals surface area contributed by atoms with Gasteiger partial charge in [-0.05, 0) is 25.8 Å². The van der Waals surface area contributed by atoms with E-state index < -0.39 is 0 Å². The molecule has 0 spiro atoms. The first-order valence-electron chi connectivity index (χ1n) is 6.73. The van der Waals surface area contributed by atoms with Gasteiger partial charge in [0.25, 0.3) is 0 Å². The van der Waals surface area contributed by atoms with Crippen molar-refractivity contribution in [1.29, 1.82) is 0 Å². The quantitative estimate of drug-likeness (QED) is 0.496. The van der Waals surface area contributed by atoms with E-state index in [0.717, 1.165) is 25.3 Å². The molecule has 0 bridgehead atoms. The Hall–Kier alpha value is -1.84. The SMILES string of the molecule is CCNC(=NCc1ccccc1F)NC1CC=CC1. The highest BCUT2D eigenvalue weighted by atomic mass is 19.1. The topological polar surface area (TPSA) is 36.4 Å². The summed E-state index contributed by atoms with van der Waals surface area (Å²) in [5.41, 5.74) is 0.615. The zero-order chi connectivity index (χ0) is 13.5. The normalized spacial score (nSPS) is 15.8. The van der Waals surface area contributed by atoms with E-state index in [2.05, 4.69) is 27.8 Å². The fourth-order valence-electron chi connectivity index (χ4n) is 2.04. The van der Waals surface area contributed by atoms with Gasteiger partial charge in [-0.25, -0.2) is 9.38 Å². The van der Waals surface area contributed by atoms with Crippen LogP contribution in [0.4, 0.5) is 4.39 Å². The molecule has 1 aromatic carbocycles. The second-order valence-electron chi connectivity index (χ2n) is 4.57. The van der Waals surface area contributed by atoms with Crippen LogP contribution in [0.25, 0.3) is 0 Å². The van der Waals surface area contributed by atoms with Crippen LogP contribution in [-0.4, -0.2) is 18.5 Å². The van der Waals surface area contributed by atoms with Crippen molar-refractivity contribution >= 4 is 5.96 Å². The lowest BCUT2D eigenvalue weighted by atomic mass is 10.2. The highest BCUT2D eigenvalue weighted by Gasteiger charge is 2.11. The van der Waals surface area contributed by atoms with Crippen molar-refractivity contribution in [1.82, 2.24) is 10.6 Å². The van der Waals surface area contributed by atoms with Gasteiger partial charge in [0.2, 0.25) is 0 Å². The first-order chi connectivity index (χ1) is 9.29. The van der Waals surface area contributed by atoms with Gasteiger partial charge in [0.15, 0.2) is 5.96 Å².